The molecule has 0 unspecified atom stereocenters. The third-order valence-electron chi connectivity index (χ3n) is 0.828. The molecule has 1 rings (SSSR count). The minimum absolute atomic E-state index is 0.366. The van der Waals surface area contributed by atoms with E-state index < -0.39 is 0 Å². The van der Waals surface area contributed by atoms with Crippen molar-refractivity contribution in [1.29, 1.82) is 5.26 Å². The largest absolute Gasteiger partial charge is 0.196 e. The lowest BCUT2D eigenvalue weighted by Crippen LogP contribution is -1.75. The molecule has 0 amide bonds. The van der Waals surface area contributed by atoms with Crippen molar-refractivity contribution in [3.8, 4) is 6.07 Å². The summed E-state index contributed by atoms with van der Waals surface area (Å²) in [5, 5.41) is 17.7. The van der Waals surface area contributed by atoms with Crippen LogP contribution in [0.3, 0.4) is 0 Å². The van der Waals surface area contributed by atoms with Gasteiger partial charge in [-0.2, -0.15) is 15.6 Å². The SMILES string of the molecule is Cc1n[nH]nc1C#N. The lowest BCUT2D eigenvalue weighted by atomic mass is 10.4. The Morgan fingerprint density at radius 1 is 1.62 bits per heavy atom. The number of H-pyrrole nitrogens is 1. The molecule has 1 N–H and O–H groups in total. The number of aromatic nitrogens is 3. The highest BCUT2D eigenvalue weighted by Crippen LogP contribution is 1.92. The van der Waals surface area contributed by atoms with Crippen LogP contribution >= 0.6 is 0 Å². The van der Waals surface area contributed by atoms with E-state index in [0.717, 1.165) is 0 Å². The maximum absolute atomic E-state index is 8.23. The summed E-state index contributed by atoms with van der Waals surface area (Å²) in [7, 11) is 0. The molecular weight excluding hydrogens is 104 g/mol. The highest BCUT2D eigenvalue weighted by atomic mass is 15.3. The molecule has 4 heteroatoms. The van der Waals surface area contributed by atoms with Crippen LogP contribution in [0.25, 0.3) is 0 Å². The zero-order valence-corrected chi connectivity index (χ0v) is 4.34. The van der Waals surface area contributed by atoms with Gasteiger partial charge in [-0.15, -0.1) is 5.10 Å². The van der Waals surface area contributed by atoms with E-state index in [9.17, 15) is 0 Å². The van der Waals surface area contributed by atoms with Crippen LogP contribution in [0.2, 0.25) is 0 Å². The topological polar surface area (TPSA) is 65.4 Å². The van der Waals surface area contributed by atoms with Crippen LogP contribution in [-0.2, 0) is 0 Å². The monoisotopic (exact) mass is 108 g/mol. The number of aromatic amines is 1. The standard InChI is InChI=1S/C4H4N4/c1-3-4(2-5)7-8-6-3/h1H3,(H,6,7,8). The molecule has 1 heterocycles. The number of hydrogen-bond acceptors (Lipinski definition) is 3. The molecule has 0 saturated heterocycles. The fourth-order valence-corrected chi connectivity index (χ4v) is 0.390. The molecule has 0 aromatic carbocycles. The van der Waals surface area contributed by atoms with E-state index >= 15 is 0 Å². The first-order valence-electron chi connectivity index (χ1n) is 2.12. The Balaban J connectivity index is 3.15. The van der Waals surface area contributed by atoms with Crippen LogP contribution in [0.1, 0.15) is 11.4 Å². The molecule has 0 fully saturated rings. The van der Waals surface area contributed by atoms with Crippen LogP contribution in [-0.4, -0.2) is 15.4 Å². The number of nitrogens with zero attached hydrogens (tertiary/aromatic N) is 3. The second-order valence-corrected chi connectivity index (χ2v) is 1.37. The Morgan fingerprint density at radius 3 is 2.62 bits per heavy atom. The van der Waals surface area contributed by atoms with Gasteiger partial charge in [-0.25, -0.2) is 0 Å². The molecule has 0 aliphatic rings. The third-order valence-corrected chi connectivity index (χ3v) is 0.828. The molecule has 8 heavy (non-hydrogen) atoms. The van der Waals surface area contributed by atoms with Gasteiger partial charge in [0.15, 0.2) is 5.69 Å². The van der Waals surface area contributed by atoms with Gasteiger partial charge in [0.1, 0.15) is 6.07 Å². The van der Waals surface area contributed by atoms with Crippen molar-refractivity contribution < 1.29 is 0 Å². The third kappa shape index (κ3) is 0.540. The Hall–Kier alpha value is -1.37. The molecule has 40 valence electrons. The lowest BCUT2D eigenvalue weighted by molar-refractivity contribution is 0.925. The first kappa shape index (κ1) is 4.78. The Labute approximate surface area is 46.1 Å². The predicted octanol–water partition coefficient (Wildman–Crippen LogP) is -0.0152. The number of nitrogens with one attached hydrogen (secondary N) is 1. The Kier molecular flexibility index (Phi) is 0.968. The van der Waals surface area contributed by atoms with E-state index in [-0.39, 0.29) is 0 Å². The summed E-state index contributed by atoms with van der Waals surface area (Å²) in [6, 6.07) is 1.87. The number of aryl methyl sites for hydroxylation is 1. The number of rotatable bonds is 0. The normalized spacial score (nSPS) is 8.50. The van der Waals surface area contributed by atoms with Gasteiger partial charge in [0.25, 0.3) is 0 Å². The summed E-state index contributed by atoms with van der Waals surface area (Å²) < 4.78 is 0. The molecule has 0 aliphatic carbocycles. The maximum Gasteiger partial charge on any atom is 0.185 e. The van der Waals surface area contributed by atoms with Crippen LogP contribution in [0.5, 0.6) is 0 Å². The van der Waals surface area contributed by atoms with Crippen LogP contribution in [0.4, 0.5) is 0 Å². The van der Waals surface area contributed by atoms with E-state index in [2.05, 4.69) is 15.4 Å². The fourth-order valence-electron chi connectivity index (χ4n) is 0.390. The van der Waals surface area contributed by atoms with E-state index in [4.69, 9.17) is 5.26 Å². The van der Waals surface area contributed by atoms with Crippen molar-refractivity contribution in [2.75, 3.05) is 0 Å². The van der Waals surface area contributed by atoms with Crippen molar-refractivity contribution in [2.45, 2.75) is 6.92 Å². The highest BCUT2D eigenvalue weighted by Gasteiger charge is 1.96. The second-order valence-electron chi connectivity index (χ2n) is 1.37. The summed E-state index contributed by atoms with van der Waals surface area (Å²) in [5.74, 6) is 0. The van der Waals surface area contributed by atoms with Crippen LogP contribution in [0.15, 0.2) is 0 Å². The van der Waals surface area contributed by atoms with Crippen LogP contribution in [0, 0.1) is 18.3 Å². The zero-order valence-electron chi connectivity index (χ0n) is 4.34. The summed E-state index contributed by atoms with van der Waals surface area (Å²) >= 11 is 0. The lowest BCUT2D eigenvalue weighted by Gasteiger charge is -1.71. The zero-order chi connectivity index (χ0) is 5.98. The summed E-state index contributed by atoms with van der Waals surface area (Å²) in [6.45, 7) is 1.72. The Morgan fingerprint density at radius 2 is 2.38 bits per heavy atom. The quantitative estimate of drug-likeness (QED) is 0.508. The van der Waals surface area contributed by atoms with E-state index in [1.54, 1.807) is 6.92 Å². The molecule has 0 bridgehead atoms. The predicted molar refractivity (Wildman–Crippen MR) is 25.8 cm³/mol. The molecule has 1 aromatic rings. The van der Waals surface area contributed by atoms with E-state index in [1.807, 2.05) is 6.07 Å². The molecule has 0 spiro atoms. The first-order chi connectivity index (χ1) is 3.84. The van der Waals surface area contributed by atoms with Gasteiger partial charge in [0.05, 0.1) is 5.69 Å². The highest BCUT2D eigenvalue weighted by molar-refractivity contribution is 5.21. The molecule has 0 radical (unpaired) electrons. The molecule has 0 atom stereocenters. The minimum Gasteiger partial charge on any atom is -0.196 e. The molecular formula is C4H4N4. The fraction of sp³-hybridized carbons (Fsp3) is 0.250. The number of nitriles is 1. The van der Waals surface area contributed by atoms with Gasteiger partial charge >= 0.3 is 0 Å². The summed E-state index contributed by atoms with van der Waals surface area (Å²) in [4.78, 5) is 0. The first-order valence-corrected chi connectivity index (χ1v) is 2.12. The van der Waals surface area contributed by atoms with Gasteiger partial charge in [0.2, 0.25) is 0 Å². The Bertz CT molecular complexity index is 218. The minimum atomic E-state index is 0.366. The van der Waals surface area contributed by atoms with Crippen molar-refractivity contribution in [2.24, 2.45) is 0 Å². The summed E-state index contributed by atoms with van der Waals surface area (Å²) in [6.07, 6.45) is 0. The van der Waals surface area contributed by atoms with Crippen molar-refractivity contribution in [1.82, 2.24) is 15.4 Å². The van der Waals surface area contributed by atoms with E-state index in [0.29, 0.717) is 11.4 Å². The molecule has 4 nitrogen and oxygen atoms in total. The van der Waals surface area contributed by atoms with Crippen molar-refractivity contribution >= 4 is 0 Å². The number of hydrogen-bond donors (Lipinski definition) is 1. The maximum atomic E-state index is 8.23. The van der Waals surface area contributed by atoms with Gasteiger partial charge in [-0.3, -0.25) is 0 Å². The average molecular weight is 108 g/mol. The van der Waals surface area contributed by atoms with Gasteiger partial charge in [-0.05, 0) is 6.92 Å². The second kappa shape index (κ2) is 1.62. The van der Waals surface area contributed by atoms with Gasteiger partial charge in [0, 0.05) is 0 Å². The molecule has 0 saturated carbocycles. The summed E-state index contributed by atoms with van der Waals surface area (Å²) in [5.41, 5.74) is 1.01. The smallest absolute Gasteiger partial charge is 0.185 e. The van der Waals surface area contributed by atoms with Gasteiger partial charge < -0.3 is 0 Å². The average Bonchev–Trinajstić information content (AvgIpc) is 2.14. The van der Waals surface area contributed by atoms with Gasteiger partial charge in [-0.1, -0.05) is 0 Å². The van der Waals surface area contributed by atoms with Crippen LogP contribution < -0.4 is 0 Å². The van der Waals surface area contributed by atoms with Crippen molar-refractivity contribution in [3.05, 3.63) is 11.4 Å². The van der Waals surface area contributed by atoms with Crippen molar-refractivity contribution in [3.63, 3.8) is 0 Å². The molecule has 1 aromatic heterocycles. The molecule has 0 aliphatic heterocycles. The van der Waals surface area contributed by atoms with E-state index in [1.165, 1.54) is 0 Å².